The fourth-order valence-electron chi connectivity index (χ4n) is 2.05. The van der Waals surface area contributed by atoms with Crippen LogP contribution in [0.15, 0.2) is 36.5 Å². The molecule has 2 rings (SSSR count). The molecule has 1 heterocycles. The van der Waals surface area contributed by atoms with Crippen LogP contribution >= 0.6 is 11.6 Å². The first kappa shape index (κ1) is 14.1. The van der Waals surface area contributed by atoms with Crippen LogP contribution in [0.3, 0.4) is 0 Å². The van der Waals surface area contributed by atoms with E-state index >= 15 is 0 Å². The molecule has 1 aromatic heterocycles. The van der Waals surface area contributed by atoms with E-state index in [0.717, 1.165) is 25.1 Å². The molecule has 0 unspecified atom stereocenters. The van der Waals surface area contributed by atoms with Gasteiger partial charge in [-0.2, -0.15) is 0 Å². The predicted molar refractivity (Wildman–Crippen MR) is 76.7 cm³/mol. The summed E-state index contributed by atoms with van der Waals surface area (Å²) in [4.78, 5) is 0. The Bertz CT molecular complexity index is 537. The van der Waals surface area contributed by atoms with Crippen molar-refractivity contribution < 1.29 is 4.39 Å². The SMILES string of the molecule is CCCn1cccc1CNCc1ccc(F)c(Cl)c1. The fourth-order valence-corrected chi connectivity index (χ4v) is 2.26. The molecule has 0 saturated heterocycles. The van der Waals surface area contributed by atoms with Crippen LogP contribution in [0.5, 0.6) is 0 Å². The molecular weight excluding hydrogens is 263 g/mol. The van der Waals surface area contributed by atoms with Crippen LogP contribution in [-0.2, 0) is 19.6 Å². The van der Waals surface area contributed by atoms with Gasteiger partial charge in [0, 0.05) is 31.5 Å². The summed E-state index contributed by atoms with van der Waals surface area (Å²) >= 11 is 5.75. The van der Waals surface area contributed by atoms with Gasteiger partial charge in [0.05, 0.1) is 5.02 Å². The number of nitrogens with zero attached hydrogens (tertiary/aromatic N) is 1. The quantitative estimate of drug-likeness (QED) is 0.847. The maximum atomic E-state index is 13.0. The molecule has 4 heteroatoms. The maximum Gasteiger partial charge on any atom is 0.141 e. The Balaban J connectivity index is 1.89. The first-order valence-electron chi connectivity index (χ1n) is 6.49. The molecule has 102 valence electrons. The molecule has 0 aliphatic rings. The summed E-state index contributed by atoms with van der Waals surface area (Å²) in [5, 5.41) is 3.52. The molecule has 1 N–H and O–H groups in total. The van der Waals surface area contributed by atoms with Crippen molar-refractivity contribution in [2.24, 2.45) is 0 Å². The lowest BCUT2D eigenvalue weighted by molar-refractivity contribution is 0.600. The molecule has 19 heavy (non-hydrogen) atoms. The topological polar surface area (TPSA) is 17.0 Å². The van der Waals surface area contributed by atoms with Gasteiger partial charge < -0.3 is 9.88 Å². The maximum absolute atomic E-state index is 13.0. The minimum absolute atomic E-state index is 0.175. The van der Waals surface area contributed by atoms with Gasteiger partial charge in [-0.3, -0.25) is 0 Å². The highest BCUT2D eigenvalue weighted by atomic mass is 35.5. The third kappa shape index (κ3) is 3.82. The lowest BCUT2D eigenvalue weighted by atomic mass is 10.2. The minimum atomic E-state index is -0.373. The number of nitrogens with one attached hydrogen (secondary N) is 1. The summed E-state index contributed by atoms with van der Waals surface area (Å²) in [5.74, 6) is -0.373. The molecular formula is C15H18ClFN2. The van der Waals surface area contributed by atoms with Gasteiger partial charge in [0.2, 0.25) is 0 Å². The molecule has 0 aliphatic heterocycles. The summed E-state index contributed by atoms with van der Waals surface area (Å²) in [6.45, 7) is 4.67. The Labute approximate surface area is 118 Å². The predicted octanol–water partition coefficient (Wildman–Crippen LogP) is 3.98. The average Bonchev–Trinajstić information content (AvgIpc) is 2.82. The van der Waals surface area contributed by atoms with Crippen molar-refractivity contribution in [1.29, 1.82) is 0 Å². The Kier molecular flexibility index (Phi) is 5.00. The van der Waals surface area contributed by atoms with Crippen molar-refractivity contribution in [3.63, 3.8) is 0 Å². The van der Waals surface area contributed by atoms with Crippen LogP contribution in [0.4, 0.5) is 4.39 Å². The number of halogens is 2. The van der Waals surface area contributed by atoms with E-state index in [1.165, 1.54) is 11.8 Å². The monoisotopic (exact) mass is 280 g/mol. The van der Waals surface area contributed by atoms with Crippen molar-refractivity contribution in [2.75, 3.05) is 0 Å². The number of rotatable bonds is 6. The van der Waals surface area contributed by atoms with Gasteiger partial charge in [-0.1, -0.05) is 24.6 Å². The average molecular weight is 281 g/mol. The second-order valence-corrected chi connectivity index (χ2v) is 4.95. The Morgan fingerprint density at radius 2 is 2.11 bits per heavy atom. The van der Waals surface area contributed by atoms with E-state index in [4.69, 9.17) is 11.6 Å². The molecule has 0 radical (unpaired) electrons. The van der Waals surface area contributed by atoms with Crippen molar-refractivity contribution in [3.8, 4) is 0 Å². The molecule has 0 atom stereocenters. The highest BCUT2D eigenvalue weighted by molar-refractivity contribution is 6.30. The summed E-state index contributed by atoms with van der Waals surface area (Å²) in [6, 6.07) is 8.98. The zero-order valence-electron chi connectivity index (χ0n) is 11.0. The van der Waals surface area contributed by atoms with Crippen molar-refractivity contribution >= 4 is 11.6 Å². The molecule has 0 bridgehead atoms. The van der Waals surface area contributed by atoms with Crippen LogP contribution in [0.1, 0.15) is 24.6 Å². The summed E-state index contributed by atoms with van der Waals surface area (Å²) < 4.78 is 15.3. The summed E-state index contributed by atoms with van der Waals surface area (Å²) in [6.07, 6.45) is 3.21. The van der Waals surface area contributed by atoms with Crippen LogP contribution in [-0.4, -0.2) is 4.57 Å². The fraction of sp³-hybridized carbons (Fsp3) is 0.333. The van der Waals surface area contributed by atoms with Crippen LogP contribution in [0.2, 0.25) is 5.02 Å². The Morgan fingerprint density at radius 3 is 2.84 bits per heavy atom. The number of hydrogen-bond acceptors (Lipinski definition) is 1. The molecule has 0 saturated carbocycles. The third-order valence-corrected chi connectivity index (χ3v) is 3.30. The zero-order chi connectivity index (χ0) is 13.7. The Hall–Kier alpha value is -1.32. The van der Waals surface area contributed by atoms with Gasteiger partial charge in [0.25, 0.3) is 0 Å². The first-order chi connectivity index (χ1) is 9.20. The van der Waals surface area contributed by atoms with E-state index in [2.05, 4.69) is 35.1 Å². The van der Waals surface area contributed by atoms with Crippen LogP contribution in [0.25, 0.3) is 0 Å². The van der Waals surface area contributed by atoms with Crippen molar-refractivity contribution in [1.82, 2.24) is 9.88 Å². The van der Waals surface area contributed by atoms with E-state index in [0.29, 0.717) is 6.54 Å². The summed E-state index contributed by atoms with van der Waals surface area (Å²) in [7, 11) is 0. The molecule has 2 aromatic rings. The van der Waals surface area contributed by atoms with Crippen LogP contribution in [0, 0.1) is 5.82 Å². The van der Waals surface area contributed by atoms with Gasteiger partial charge in [-0.15, -0.1) is 0 Å². The van der Waals surface area contributed by atoms with E-state index < -0.39 is 0 Å². The normalized spacial score (nSPS) is 10.9. The first-order valence-corrected chi connectivity index (χ1v) is 6.87. The second-order valence-electron chi connectivity index (χ2n) is 4.54. The highest BCUT2D eigenvalue weighted by Gasteiger charge is 2.02. The lowest BCUT2D eigenvalue weighted by Gasteiger charge is -2.09. The van der Waals surface area contributed by atoms with E-state index in [9.17, 15) is 4.39 Å². The standard InChI is InChI=1S/C15H18ClFN2/c1-2-7-19-8-3-4-13(19)11-18-10-12-5-6-15(17)14(16)9-12/h3-6,8-9,18H,2,7,10-11H2,1H3. The third-order valence-electron chi connectivity index (χ3n) is 3.01. The largest absolute Gasteiger partial charge is 0.350 e. The number of aryl methyl sites for hydroxylation is 1. The van der Waals surface area contributed by atoms with Crippen molar-refractivity contribution in [2.45, 2.75) is 33.0 Å². The number of aromatic nitrogens is 1. The summed E-state index contributed by atoms with van der Waals surface area (Å²) in [5.41, 5.74) is 2.25. The number of benzene rings is 1. The van der Waals surface area contributed by atoms with Gasteiger partial charge >= 0.3 is 0 Å². The minimum Gasteiger partial charge on any atom is -0.350 e. The Morgan fingerprint density at radius 1 is 1.26 bits per heavy atom. The van der Waals surface area contributed by atoms with Gasteiger partial charge in [0.1, 0.15) is 5.82 Å². The van der Waals surface area contributed by atoms with Crippen LogP contribution < -0.4 is 5.32 Å². The van der Waals surface area contributed by atoms with Gasteiger partial charge in [0.15, 0.2) is 0 Å². The molecule has 0 fully saturated rings. The molecule has 1 aromatic carbocycles. The second kappa shape index (κ2) is 6.73. The highest BCUT2D eigenvalue weighted by Crippen LogP contribution is 2.16. The smallest absolute Gasteiger partial charge is 0.141 e. The number of hydrogen-bond donors (Lipinski definition) is 1. The molecule has 0 spiro atoms. The molecule has 2 nitrogen and oxygen atoms in total. The van der Waals surface area contributed by atoms with E-state index in [1.807, 2.05) is 0 Å². The van der Waals surface area contributed by atoms with E-state index in [-0.39, 0.29) is 10.8 Å². The lowest BCUT2D eigenvalue weighted by Crippen LogP contribution is -2.15. The molecule has 0 aliphatic carbocycles. The van der Waals surface area contributed by atoms with Crippen molar-refractivity contribution in [3.05, 3.63) is 58.6 Å². The van der Waals surface area contributed by atoms with Gasteiger partial charge in [-0.25, -0.2) is 4.39 Å². The zero-order valence-corrected chi connectivity index (χ0v) is 11.8. The van der Waals surface area contributed by atoms with Gasteiger partial charge in [-0.05, 0) is 36.2 Å². The van der Waals surface area contributed by atoms with E-state index in [1.54, 1.807) is 12.1 Å². The molecule has 0 amide bonds.